The van der Waals surface area contributed by atoms with E-state index in [-0.39, 0.29) is 30.8 Å². The molecule has 0 radical (unpaired) electrons. The SMILES string of the molecule is CCNC(=NCc1ncc(CC)s1)NCCOc1ccc2c(c1)OCO2.I. The van der Waals surface area contributed by atoms with Crippen molar-refractivity contribution in [2.75, 3.05) is 26.5 Å². The maximum Gasteiger partial charge on any atom is 0.231 e. The third-order valence-electron chi connectivity index (χ3n) is 3.67. The van der Waals surface area contributed by atoms with Crippen molar-refractivity contribution in [3.63, 3.8) is 0 Å². The van der Waals surface area contributed by atoms with Gasteiger partial charge in [-0.25, -0.2) is 9.98 Å². The molecule has 0 saturated heterocycles. The second-order valence-electron chi connectivity index (χ2n) is 5.56. The Morgan fingerprint density at radius 2 is 2.11 bits per heavy atom. The highest BCUT2D eigenvalue weighted by molar-refractivity contribution is 14.0. The van der Waals surface area contributed by atoms with E-state index in [1.165, 1.54) is 4.88 Å². The Morgan fingerprint density at radius 3 is 2.89 bits per heavy atom. The lowest BCUT2D eigenvalue weighted by Gasteiger charge is -2.12. The molecule has 2 N–H and O–H groups in total. The zero-order chi connectivity index (χ0) is 18.2. The molecule has 0 aliphatic carbocycles. The van der Waals surface area contributed by atoms with E-state index in [1.807, 2.05) is 31.3 Å². The van der Waals surface area contributed by atoms with Gasteiger partial charge in [-0.1, -0.05) is 6.92 Å². The molecule has 9 heteroatoms. The summed E-state index contributed by atoms with van der Waals surface area (Å²) < 4.78 is 16.4. The van der Waals surface area contributed by atoms with Crippen LogP contribution in [0.1, 0.15) is 23.7 Å². The van der Waals surface area contributed by atoms with Crippen molar-refractivity contribution < 1.29 is 14.2 Å². The van der Waals surface area contributed by atoms with Gasteiger partial charge in [0.05, 0.1) is 13.1 Å². The summed E-state index contributed by atoms with van der Waals surface area (Å²) in [6.45, 7) is 6.96. The molecule has 0 fully saturated rings. The molecule has 148 valence electrons. The smallest absolute Gasteiger partial charge is 0.231 e. The highest BCUT2D eigenvalue weighted by atomic mass is 127. The molecule has 27 heavy (non-hydrogen) atoms. The van der Waals surface area contributed by atoms with Crippen molar-refractivity contribution in [3.05, 3.63) is 34.3 Å². The topological polar surface area (TPSA) is 77.0 Å². The Labute approximate surface area is 180 Å². The third-order valence-corrected chi connectivity index (χ3v) is 4.80. The van der Waals surface area contributed by atoms with E-state index in [0.717, 1.165) is 41.2 Å². The molecule has 7 nitrogen and oxygen atoms in total. The zero-order valence-electron chi connectivity index (χ0n) is 15.5. The monoisotopic (exact) mass is 504 g/mol. The summed E-state index contributed by atoms with van der Waals surface area (Å²) in [5, 5.41) is 7.52. The van der Waals surface area contributed by atoms with Gasteiger partial charge in [0.1, 0.15) is 17.4 Å². The summed E-state index contributed by atoms with van der Waals surface area (Å²) in [6.07, 6.45) is 2.94. The van der Waals surface area contributed by atoms with E-state index in [2.05, 4.69) is 27.5 Å². The van der Waals surface area contributed by atoms with E-state index in [4.69, 9.17) is 14.2 Å². The van der Waals surface area contributed by atoms with Gasteiger partial charge in [0, 0.05) is 23.7 Å². The number of aliphatic imine (C=N–C) groups is 1. The normalized spacial score (nSPS) is 12.4. The fraction of sp³-hybridized carbons (Fsp3) is 0.444. The summed E-state index contributed by atoms with van der Waals surface area (Å²) in [4.78, 5) is 10.2. The molecule has 1 aromatic heterocycles. The van der Waals surface area contributed by atoms with E-state index < -0.39 is 0 Å². The molecule has 0 saturated carbocycles. The van der Waals surface area contributed by atoms with Crippen LogP contribution >= 0.6 is 35.3 Å². The van der Waals surface area contributed by atoms with Gasteiger partial charge >= 0.3 is 0 Å². The number of benzene rings is 1. The fourth-order valence-electron chi connectivity index (χ4n) is 2.38. The number of hydrogen-bond acceptors (Lipinski definition) is 6. The average Bonchev–Trinajstić information content (AvgIpc) is 3.31. The Kier molecular flexibility index (Phi) is 8.92. The van der Waals surface area contributed by atoms with Gasteiger partial charge in [-0.2, -0.15) is 0 Å². The molecule has 0 amide bonds. The number of guanidine groups is 1. The van der Waals surface area contributed by atoms with Crippen LogP contribution in [0.5, 0.6) is 17.2 Å². The highest BCUT2D eigenvalue weighted by Crippen LogP contribution is 2.34. The lowest BCUT2D eigenvalue weighted by molar-refractivity contribution is 0.173. The van der Waals surface area contributed by atoms with Crippen molar-refractivity contribution in [2.24, 2.45) is 4.99 Å². The van der Waals surface area contributed by atoms with Crippen LogP contribution in [-0.2, 0) is 13.0 Å². The average molecular weight is 504 g/mol. The minimum absolute atomic E-state index is 0. The van der Waals surface area contributed by atoms with Crippen LogP contribution in [0, 0.1) is 0 Å². The quantitative estimate of drug-likeness (QED) is 0.249. The molecule has 1 aromatic carbocycles. The van der Waals surface area contributed by atoms with Gasteiger partial charge in [-0.3, -0.25) is 0 Å². The molecule has 0 atom stereocenters. The first-order valence-electron chi connectivity index (χ1n) is 8.76. The van der Waals surface area contributed by atoms with Crippen molar-refractivity contribution >= 4 is 41.3 Å². The van der Waals surface area contributed by atoms with Gasteiger partial charge in [-0.15, -0.1) is 35.3 Å². The van der Waals surface area contributed by atoms with E-state index in [9.17, 15) is 0 Å². The Balaban J connectivity index is 0.00000261. The molecule has 2 aromatic rings. The molecule has 0 unspecified atom stereocenters. The lowest BCUT2D eigenvalue weighted by atomic mass is 10.3. The molecule has 0 spiro atoms. The summed E-state index contributed by atoms with van der Waals surface area (Å²) in [6, 6.07) is 5.57. The van der Waals surface area contributed by atoms with Crippen molar-refractivity contribution in [3.8, 4) is 17.2 Å². The third kappa shape index (κ3) is 6.42. The minimum Gasteiger partial charge on any atom is -0.492 e. The summed E-state index contributed by atoms with van der Waals surface area (Å²) >= 11 is 1.71. The van der Waals surface area contributed by atoms with Crippen LogP contribution in [0.4, 0.5) is 0 Å². The number of ether oxygens (including phenoxy) is 3. The molecule has 3 rings (SSSR count). The van der Waals surface area contributed by atoms with Crippen LogP contribution in [0.3, 0.4) is 0 Å². The maximum atomic E-state index is 5.75. The second-order valence-corrected chi connectivity index (χ2v) is 6.76. The van der Waals surface area contributed by atoms with Crippen LogP contribution in [0.25, 0.3) is 0 Å². The number of fused-ring (bicyclic) bond motifs is 1. The molecular formula is C18H25IN4O3S. The highest BCUT2D eigenvalue weighted by Gasteiger charge is 2.13. The van der Waals surface area contributed by atoms with Gasteiger partial charge in [0.25, 0.3) is 0 Å². The lowest BCUT2D eigenvalue weighted by Crippen LogP contribution is -2.39. The Bertz CT molecular complexity index is 754. The predicted molar refractivity (Wildman–Crippen MR) is 118 cm³/mol. The van der Waals surface area contributed by atoms with Crippen LogP contribution < -0.4 is 24.8 Å². The van der Waals surface area contributed by atoms with Gasteiger partial charge in [-0.05, 0) is 25.5 Å². The van der Waals surface area contributed by atoms with E-state index in [0.29, 0.717) is 19.7 Å². The number of aromatic nitrogens is 1. The predicted octanol–water partition coefficient (Wildman–Crippen LogP) is 3.19. The van der Waals surface area contributed by atoms with E-state index >= 15 is 0 Å². The van der Waals surface area contributed by atoms with Gasteiger partial charge in [0.15, 0.2) is 17.5 Å². The molecule has 1 aliphatic heterocycles. The number of rotatable bonds is 8. The van der Waals surface area contributed by atoms with E-state index in [1.54, 1.807) is 11.3 Å². The van der Waals surface area contributed by atoms with Crippen LogP contribution in [-0.4, -0.2) is 37.4 Å². The van der Waals surface area contributed by atoms with Gasteiger partial charge in [0.2, 0.25) is 6.79 Å². The minimum atomic E-state index is 0. The van der Waals surface area contributed by atoms with Crippen molar-refractivity contribution in [2.45, 2.75) is 26.8 Å². The second kappa shape index (κ2) is 11.2. The first kappa shape index (κ1) is 21.5. The Morgan fingerprint density at radius 1 is 1.26 bits per heavy atom. The fourth-order valence-corrected chi connectivity index (χ4v) is 3.16. The largest absolute Gasteiger partial charge is 0.492 e. The number of nitrogens with zero attached hydrogens (tertiary/aromatic N) is 2. The number of nitrogens with one attached hydrogen (secondary N) is 2. The molecular weight excluding hydrogens is 479 g/mol. The summed E-state index contributed by atoms with van der Waals surface area (Å²) in [5.41, 5.74) is 0. The molecule has 2 heterocycles. The Hall–Kier alpha value is -1.75. The zero-order valence-corrected chi connectivity index (χ0v) is 18.6. The van der Waals surface area contributed by atoms with Crippen molar-refractivity contribution in [1.29, 1.82) is 0 Å². The first-order valence-corrected chi connectivity index (χ1v) is 9.58. The standard InChI is InChI=1S/C18H24N4O3S.HI/c1-3-14-10-21-17(26-14)11-22-18(19-4-2)20-7-8-23-13-5-6-15-16(9-13)25-12-24-15;/h5-6,9-10H,3-4,7-8,11-12H2,1-2H3,(H2,19,20,22);1H. The number of hydrogen-bond donors (Lipinski definition) is 2. The summed E-state index contributed by atoms with van der Waals surface area (Å²) in [5.74, 6) is 2.99. The van der Waals surface area contributed by atoms with Gasteiger partial charge < -0.3 is 24.8 Å². The number of thiazole rings is 1. The number of aryl methyl sites for hydroxylation is 1. The van der Waals surface area contributed by atoms with Crippen LogP contribution in [0.2, 0.25) is 0 Å². The molecule has 0 bridgehead atoms. The van der Waals surface area contributed by atoms with Crippen molar-refractivity contribution in [1.82, 2.24) is 15.6 Å². The molecule has 1 aliphatic rings. The summed E-state index contributed by atoms with van der Waals surface area (Å²) in [7, 11) is 0. The first-order chi connectivity index (χ1) is 12.8. The number of halogens is 1. The maximum absolute atomic E-state index is 5.75. The van der Waals surface area contributed by atoms with Crippen LogP contribution in [0.15, 0.2) is 29.4 Å².